The smallest absolute Gasteiger partial charge is 0.362 e. The van der Waals surface area contributed by atoms with Crippen molar-refractivity contribution < 1.29 is 9.53 Å². The quantitative estimate of drug-likeness (QED) is 0.539. The molecule has 1 aromatic heterocycles. The van der Waals surface area contributed by atoms with Gasteiger partial charge in [0.1, 0.15) is 0 Å². The largest absolute Gasteiger partial charge is 0.461 e. The van der Waals surface area contributed by atoms with Crippen LogP contribution in [-0.4, -0.2) is 45.2 Å². The van der Waals surface area contributed by atoms with Crippen molar-refractivity contribution in [1.29, 1.82) is 0 Å². The lowest BCUT2D eigenvalue weighted by atomic mass is 9.70. The molecule has 2 unspecified atom stereocenters. The van der Waals surface area contributed by atoms with Gasteiger partial charge in [0.15, 0.2) is 0 Å². The highest BCUT2D eigenvalue weighted by Crippen LogP contribution is 2.44. The van der Waals surface area contributed by atoms with E-state index in [2.05, 4.69) is 23.7 Å². The zero-order valence-electron chi connectivity index (χ0n) is 20.9. The van der Waals surface area contributed by atoms with Crippen LogP contribution in [0.15, 0.2) is 29.1 Å². The topological polar surface area (TPSA) is 64.4 Å². The van der Waals surface area contributed by atoms with Gasteiger partial charge in [0.05, 0.1) is 17.6 Å². The fourth-order valence-electron chi connectivity index (χ4n) is 7.35. The van der Waals surface area contributed by atoms with Crippen LogP contribution in [0, 0.1) is 11.8 Å². The standard InChI is InChI=1S/C28H39N3O3/c1-4-34-28(33)26-27(32)31(25-11-6-5-10-24(25)29-26)19(3)14-22-13-12-18(2)30(22)23-16-20-8-7-9-21(15-20)17-23/h5-6,10-11,18-23H,4,7-9,12-17H2,1-3H3/t18-,19-,20?,21?,22-,23?/m0/s1. The zero-order chi connectivity index (χ0) is 23.8. The van der Waals surface area contributed by atoms with Gasteiger partial charge in [-0.2, -0.15) is 0 Å². The number of ether oxygens (including phenoxy) is 1. The van der Waals surface area contributed by atoms with Crippen LogP contribution in [-0.2, 0) is 4.74 Å². The molecule has 5 atom stereocenters. The molecule has 6 heteroatoms. The molecule has 2 aromatic rings. The molecule has 2 saturated carbocycles. The predicted octanol–water partition coefficient (Wildman–Crippen LogP) is 5.35. The maximum atomic E-state index is 13.5. The SMILES string of the molecule is CCOC(=O)c1nc2ccccc2n([C@@H](C)C[C@@H]2CC[C@H](C)N2C2CC3CCCC(C3)C2)c1=O. The summed E-state index contributed by atoms with van der Waals surface area (Å²) in [6.45, 7) is 6.48. The van der Waals surface area contributed by atoms with Crippen LogP contribution in [0.5, 0.6) is 0 Å². The molecule has 6 nitrogen and oxygen atoms in total. The molecule has 3 fully saturated rings. The van der Waals surface area contributed by atoms with E-state index in [4.69, 9.17) is 4.74 Å². The third-order valence-corrected chi connectivity index (χ3v) is 8.69. The Morgan fingerprint density at radius 3 is 2.59 bits per heavy atom. The van der Waals surface area contributed by atoms with Crippen molar-refractivity contribution in [2.24, 2.45) is 11.8 Å². The maximum absolute atomic E-state index is 13.5. The third-order valence-electron chi connectivity index (χ3n) is 8.69. The highest BCUT2D eigenvalue weighted by molar-refractivity contribution is 5.89. The Bertz CT molecular complexity index is 1080. The molecule has 1 aliphatic heterocycles. The second-order valence-corrected chi connectivity index (χ2v) is 11.0. The number of hydrogen-bond donors (Lipinski definition) is 0. The van der Waals surface area contributed by atoms with Crippen LogP contribution in [0.4, 0.5) is 0 Å². The maximum Gasteiger partial charge on any atom is 0.362 e. The van der Waals surface area contributed by atoms with E-state index < -0.39 is 5.97 Å². The summed E-state index contributed by atoms with van der Waals surface area (Å²) in [6.07, 6.45) is 11.7. The minimum absolute atomic E-state index is 0.0329. The van der Waals surface area contributed by atoms with E-state index in [1.165, 1.54) is 51.4 Å². The average molecular weight is 466 g/mol. The summed E-state index contributed by atoms with van der Waals surface area (Å²) in [5.41, 5.74) is 1.00. The molecule has 5 rings (SSSR count). The third kappa shape index (κ3) is 4.41. The summed E-state index contributed by atoms with van der Waals surface area (Å²) in [5.74, 6) is 1.17. The van der Waals surface area contributed by atoms with Gasteiger partial charge in [0.2, 0.25) is 5.69 Å². The van der Waals surface area contributed by atoms with Crippen molar-refractivity contribution >= 4 is 17.0 Å². The first-order chi connectivity index (χ1) is 16.5. The Morgan fingerprint density at radius 2 is 1.85 bits per heavy atom. The van der Waals surface area contributed by atoms with E-state index in [1.54, 1.807) is 11.5 Å². The molecular weight excluding hydrogens is 426 g/mol. The molecule has 0 N–H and O–H groups in total. The molecule has 1 aromatic carbocycles. The van der Waals surface area contributed by atoms with Crippen molar-refractivity contribution in [3.8, 4) is 0 Å². The van der Waals surface area contributed by atoms with Gasteiger partial charge in [-0.3, -0.25) is 9.69 Å². The van der Waals surface area contributed by atoms with E-state index in [9.17, 15) is 9.59 Å². The van der Waals surface area contributed by atoms with Gasteiger partial charge in [-0.05, 0) is 83.3 Å². The first-order valence-electron chi connectivity index (χ1n) is 13.4. The van der Waals surface area contributed by atoms with Gasteiger partial charge in [0.25, 0.3) is 5.56 Å². The number of carbonyl (C=O) groups is 1. The first kappa shape index (κ1) is 23.5. The molecule has 184 valence electrons. The summed E-state index contributed by atoms with van der Waals surface area (Å²) in [4.78, 5) is 33.2. The summed E-state index contributed by atoms with van der Waals surface area (Å²) >= 11 is 0. The van der Waals surface area contributed by atoms with Crippen LogP contribution < -0.4 is 5.56 Å². The Kier molecular flexibility index (Phi) is 6.79. The van der Waals surface area contributed by atoms with E-state index >= 15 is 0 Å². The van der Waals surface area contributed by atoms with E-state index in [1.807, 2.05) is 24.3 Å². The Balaban J connectivity index is 1.44. The Labute approximate surface area is 202 Å². The van der Waals surface area contributed by atoms with Crippen molar-refractivity contribution in [1.82, 2.24) is 14.5 Å². The van der Waals surface area contributed by atoms with Gasteiger partial charge in [0, 0.05) is 24.2 Å². The van der Waals surface area contributed by atoms with Crippen LogP contribution >= 0.6 is 0 Å². The lowest BCUT2D eigenvalue weighted by Gasteiger charge is -2.46. The van der Waals surface area contributed by atoms with Crippen molar-refractivity contribution in [2.45, 2.75) is 103 Å². The molecule has 1 saturated heterocycles. The predicted molar refractivity (Wildman–Crippen MR) is 134 cm³/mol. The number of aromatic nitrogens is 2. The van der Waals surface area contributed by atoms with Crippen molar-refractivity contribution in [3.63, 3.8) is 0 Å². The Hall–Kier alpha value is -2.21. The number of likely N-dealkylation sites (tertiary alicyclic amines) is 1. The summed E-state index contributed by atoms with van der Waals surface area (Å²) in [5, 5.41) is 0. The van der Waals surface area contributed by atoms with Gasteiger partial charge >= 0.3 is 5.97 Å². The normalized spacial score (nSPS) is 30.4. The highest BCUT2D eigenvalue weighted by Gasteiger charge is 2.41. The van der Waals surface area contributed by atoms with Gasteiger partial charge < -0.3 is 9.30 Å². The van der Waals surface area contributed by atoms with E-state index in [0.717, 1.165) is 23.8 Å². The van der Waals surface area contributed by atoms with Crippen LogP contribution in [0.25, 0.3) is 11.0 Å². The van der Waals surface area contributed by atoms with Crippen LogP contribution in [0.2, 0.25) is 0 Å². The number of carbonyl (C=O) groups excluding carboxylic acids is 1. The highest BCUT2D eigenvalue weighted by atomic mass is 16.5. The molecule has 0 spiro atoms. The van der Waals surface area contributed by atoms with Crippen molar-refractivity contribution in [2.75, 3.05) is 6.61 Å². The number of nitrogens with zero attached hydrogens (tertiary/aromatic N) is 3. The lowest BCUT2D eigenvalue weighted by Crippen LogP contribution is -2.48. The van der Waals surface area contributed by atoms with Crippen LogP contribution in [0.3, 0.4) is 0 Å². The van der Waals surface area contributed by atoms with Crippen LogP contribution in [0.1, 0.15) is 95.1 Å². The van der Waals surface area contributed by atoms with Gasteiger partial charge in [-0.25, -0.2) is 9.78 Å². The zero-order valence-corrected chi connectivity index (χ0v) is 20.9. The average Bonchev–Trinajstić information content (AvgIpc) is 3.18. The fourth-order valence-corrected chi connectivity index (χ4v) is 7.35. The summed E-state index contributed by atoms with van der Waals surface area (Å²) in [6, 6.07) is 9.35. The molecule has 2 aliphatic carbocycles. The Morgan fingerprint density at radius 1 is 1.12 bits per heavy atom. The van der Waals surface area contributed by atoms with E-state index in [-0.39, 0.29) is 23.9 Å². The number of para-hydroxylation sites is 2. The first-order valence-corrected chi connectivity index (χ1v) is 13.4. The minimum Gasteiger partial charge on any atom is -0.461 e. The molecule has 3 aliphatic rings. The lowest BCUT2D eigenvalue weighted by molar-refractivity contribution is 0.0387. The van der Waals surface area contributed by atoms with Gasteiger partial charge in [-0.15, -0.1) is 0 Å². The fraction of sp³-hybridized carbons (Fsp3) is 0.679. The van der Waals surface area contributed by atoms with E-state index in [0.29, 0.717) is 23.6 Å². The molecule has 2 bridgehead atoms. The summed E-state index contributed by atoms with van der Waals surface area (Å²) in [7, 11) is 0. The number of benzene rings is 1. The molecule has 0 amide bonds. The minimum atomic E-state index is -0.635. The number of rotatable bonds is 6. The van der Waals surface area contributed by atoms with Gasteiger partial charge in [-0.1, -0.05) is 31.4 Å². The molecular formula is C28H39N3O3. The number of esters is 1. The number of fused-ring (bicyclic) bond motifs is 3. The monoisotopic (exact) mass is 465 g/mol. The second kappa shape index (κ2) is 9.80. The molecule has 34 heavy (non-hydrogen) atoms. The second-order valence-electron chi connectivity index (χ2n) is 11.0. The molecule has 2 heterocycles. The van der Waals surface area contributed by atoms with Crippen molar-refractivity contribution in [3.05, 3.63) is 40.3 Å². The summed E-state index contributed by atoms with van der Waals surface area (Å²) < 4.78 is 6.95. The number of hydrogen-bond acceptors (Lipinski definition) is 5. The molecule has 0 radical (unpaired) electrons.